The Kier molecular flexibility index (Phi) is 8.04. The van der Waals surface area contributed by atoms with Crippen molar-refractivity contribution in [3.63, 3.8) is 0 Å². The fourth-order valence-corrected chi connectivity index (χ4v) is 4.35. The molecule has 2 rings (SSSR count). The normalized spacial score (nSPS) is 23.0. The van der Waals surface area contributed by atoms with Gasteiger partial charge in [-0.2, -0.15) is 17.5 Å². The summed E-state index contributed by atoms with van der Waals surface area (Å²) in [7, 11) is -3.49. The van der Waals surface area contributed by atoms with Crippen molar-refractivity contribution >= 4 is 40.0 Å². The zero-order chi connectivity index (χ0) is 18.9. The topological polar surface area (TPSA) is 65.0 Å². The van der Waals surface area contributed by atoms with Gasteiger partial charge in [0, 0.05) is 39.8 Å². The number of halogens is 4. The Morgan fingerprint density at radius 3 is 2.23 bits per heavy atom. The highest BCUT2D eigenvalue weighted by molar-refractivity contribution is 14.0. The molecule has 2 fully saturated rings. The molecule has 11 heteroatoms. The lowest BCUT2D eigenvalue weighted by atomic mass is 9.93. The monoisotopic (exact) mass is 512 g/mol. The smallest absolute Gasteiger partial charge is 0.356 e. The van der Waals surface area contributed by atoms with Gasteiger partial charge in [0.15, 0.2) is 5.96 Å². The lowest BCUT2D eigenvalue weighted by Gasteiger charge is -2.32. The van der Waals surface area contributed by atoms with E-state index in [2.05, 4.69) is 29.1 Å². The number of piperidine rings is 1. The van der Waals surface area contributed by atoms with Crippen molar-refractivity contribution in [2.75, 3.05) is 39.8 Å². The number of guanidine groups is 1. The van der Waals surface area contributed by atoms with Crippen LogP contribution in [0.4, 0.5) is 13.2 Å². The van der Waals surface area contributed by atoms with Gasteiger partial charge in [0.2, 0.25) is 0 Å². The highest BCUT2D eigenvalue weighted by Gasteiger charge is 2.50. The minimum absolute atomic E-state index is 0. The van der Waals surface area contributed by atoms with E-state index in [1.54, 1.807) is 7.05 Å². The number of likely N-dealkylation sites (tertiary alicyclic amines) is 1. The van der Waals surface area contributed by atoms with E-state index in [1.165, 1.54) is 0 Å². The van der Waals surface area contributed by atoms with Crippen molar-refractivity contribution in [1.82, 2.24) is 14.5 Å². The summed E-state index contributed by atoms with van der Waals surface area (Å²) in [6.45, 7) is 6.65. The summed E-state index contributed by atoms with van der Waals surface area (Å²) in [5.41, 5.74) is -4.97. The molecule has 0 aromatic rings. The molecule has 0 unspecified atom stereocenters. The van der Waals surface area contributed by atoms with Crippen LogP contribution in [0, 0.1) is 11.3 Å². The Bertz CT molecular complexity index is 603. The lowest BCUT2D eigenvalue weighted by molar-refractivity contribution is -0.0496. The van der Waals surface area contributed by atoms with Gasteiger partial charge >= 0.3 is 15.5 Å². The third kappa shape index (κ3) is 5.60. The second kappa shape index (κ2) is 8.80. The van der Waals surface area contributed by atoms with Crippen LogP contribution in [-0.2, 0) is 10.0 Å². The SMILES string of the molecule is CN=C(NCC1CCN(S(=O)(=O)C(F)(F)F)CC1)N1CCC(C)(C)C1.I. The molecule has 0 saturated carbocycles. The second-order valence-corrected chi connectivity index (χ2v) is 9.49. The molecular weight excluding hydrogens is 484 g/mol. The zero-order valence-corrected chi connectivity index (χ0v) is 18.5. The molecule has 2 aliphatic rings. The van der Waals surface area contributed by atoms with Crippen LogP contribution in [0.5, 0.6) is 0 Å². The van der Waals surface area contributed by atoms with Crippen molar-refractivity contribution in [2.24, 2.45) is 16.3 Å². The van der Waals surface area contributed by atoms with E-state index in [0.717, 1.165) is 25.5 Å². The predicted octanol–water partition coefficient (Wildman–Crippen LogP) is 2.47. The van der Waals surface area contributed by atoms with Crippen molar-refractivity contribution in [3.8, 4) is 0 Å². The van der Waals surface area contributed by atoms with Crippen LogP contribution in [-0.4, -0.2) is 68.9 Å². The Morgan fingerprint density at radius 2 is 1.81 bits per heavy atom. The molecule has 0 aromatic carbocycles. The van der Waals surface area contributed by atoms with Gasteiger partial charge in [-0.25, -0.2) is 8.42 Å². The van der Waals surface area contributed by atoms with E-state index in [9.17, 15) is 21.6 Å². The first-order valence-electron chi connectivity index (χ1n) is 8.48. The number of rotatable bonds is 3. The molecule has 1 N–H and O–H groups in total. The van der Waals surface area contributed by atoms with Gasteiger partial charge in [-0.15, -0.1) is 24.0 Å². The molecule has 0 amide bonds. The molecule has 0 aliphatic carbocycles. The van der Waals surface area contributed by atoms with Crippen LogP contribution < -0.4 is 5.32 Å². The van der Waals surface area contributed by atoms with Gasteiger partial charge in [0.25, 0.3) is 0 Å². The van der Waals surface area contributed by atoms with E-state index in [-0.39, 0.29) is 48.4 Å². The van der Waals surface area contributed by atoms with E-state index >= 15 is 0 Å². The number of nitrogens with zero attached hydrogens (tertiary/aromatic N) is 3. The number of alkyl halides is 3. The summed E-state index contributed by atoms with van der Waals surface area (Å²) in [5, 5.41) is 3.29. The summed E-state index contributed by atoms with van der Waals surface area (Å²) in [4.78, 5) is 6.47. The molecule has 0 bridgehead atoms. The Morgan fingerprint density at radius 1 is 1.23 bits per heavy atom. The Hall–Kier alpha value is -0.300. The Labute approximate surface area is 170 Å². The zero-order valence-electron chi connectivity index (χ0n) is 15.3. The van der Waals surface area contributed by atoms with E-state index < -0.39 is 15.5 Å². The second-order valence-electron chi connectivity index (χ2n) is 7.56. The van der Waals surface area contributed by atoms with Gasteiger partial charge in [-0.1, -0.05) is 13.8 Å². The highest BCUT2D eigenvalue weighted by atomic mass is 127. The standard InChI is InChI=1S/C15H27F3N4O2S.HI/c1-14(2)6-9-21(11-14)13(19-3)20-10-12-4-7-22(8-5-12)25(23,24)15(16,17)18;/h12H,4-11H2,1-3H3,(H,19,20);1H. The van der Waals surface area contributed by atoms with Crippen LogP contribution in [0.2, 0.25) is 0 Å². The van der Waals surface area contributed by atoms with Crippen LogP contribution in [0.1, 0.15) is 33.1 Å². The molecule has 2 aliphatic heterocycles. The number of nitrogens with one attached hydrogen (secondary N) is 1. The van der Waals surface area contributed by atoms with Gasteiger partial charge in [-0.05, 0) is 30.6 Å². The van der Waals surface area contributed by atoms with Gasteiger partial charge in [-0.3, -0.25) is 4.99 Å². The average Bonchev–Trinajstić information content (AvgIpc) is 2.87. The molecule has 154 valence electrons. The molecule has 0 aromatic heterocycles. The number of sulfonamides is 1. The first-order chi connectivity index (χ1) is 11.5. The van der Waals surface area contributed by atoms with Crippen molar-refractivity contribution in [3.05, 3.63) is 0 Å². The van der Waals surface area contributed by atoms with Crippen molar-refractivity contribution in [1.29, 1.82) is 0 Å². The third-order valence-electron chi connectivity index (χ3n) is 4.94. The number of hydrogen-bond acceptors (Lipinski definition) is 3. The summed E-state index contributed by atoms with van der Waals surface area (Å²) in [6.07, 6.45) is 1.90. The quantitative estimate of drug-likeness (QED) is 0.359. The molecule has 0 atom stereocenters. The highest BCUT2D eigenvalue weighted by Crippen LogP contribution is 2.31. The first-order valence-corrected chi connectivity index (χ1v) is 9.92. The molecule has 6 nitrogen and oxygen atoms in total. The third-order valence-corrected chi connectivity index (χ3v) is 6.57. The predicted molar refractivity (Wildman–Crippen MR) is 106 cm³/mol. The van der Waals surface area contributed by atoms with Crippen molar-refractivity contribution < 1.29 is 21.6 Å². The molecule has 2 saturated heterocycles. The fourth-order valence-electron chi connectivity index (χ4n) is 3.36. The number of hydrogen-bond donors (Lipinski definition) is 1. The van der Waals surface area contributed by atoms with Crippen LogP contribution in [0.3, 0.4) is 0 Å². The summed E-state index contributed by atoms with van der Waals surface area (Å²) < 4.78 is 61.1. The number of aliphatic imine (C=N–C) groups is 1. The molecule has 0 radical (unpaired) electrons. The first kappa shape index (κ1) is 23.7. The average molecular weight is 512 g/mol. The van der Waals surface area contributed by atoms with Crippen LogP contribution in [0.15, 0.2) is 4.99 Å². The minimum Gasteiger partial charge on any atom is -0.356 e. The van der Waals surface area contributed by atoms with E-state index in [4.69, 9.17) is 0 Å². The van der Waals surface area contributed by atoms with Gasteiger partial charge in [0.1, 0.15) is 0 Å². The maximum absolute atomic E-state index is 12.6. The summed E-state index contributed by atoms with van der Waals surface area (Å²) in [6, 6.07) is 0. The maximum atomic E-state index is 12.6. The fraction of sp³-hybridized carbons (Fsp3) is 0.933. The molecule has 26 heavy (non-hydrogen) atoms. The van der Waals surface area contributed by atoms with E-state index in [0.29, 0.717) is 23.7 Å². The minimum atomic E-state index is -5.22. The van der Waals surface area contributed by atoms with Crippen LogP contribution in [0.25, 0.3) is 0 Å². The molecular formula is C15H28F3IN4O2S. The largest absolute Gasteiger partial charge is 0.511 e. The summed E-state index contributed by atoms with van der Waals surface area (Å²) in [5.74, 6) is 0.933. The molecule has 2 heterocycles. The molecule has 0 spiro atoms. The van der Waals surface area contributed by atoms with Crippen molar-refractivity contribution in [2.45, 2.75) is 38.6 Å². The lowest BCUT2D eigenvalue weighted by Crippen LogP contribution is -2.47. The van der Waals surface area contributed by atoms with E-state index in [1.807, 2.05) is 0 Å². The van der Waals surface area contributed by atoms with Gasteiger partial charge in [0.05, 0.1) is 0 Å². The van der Waals surface area contributed by atoms with Gasteiger partial charge < -0.3 is 10.2 Å². The van der Waals surface area contributed by atoms with Crippen LogP contribution >= 0.6 is 24.0 Å². The Balaban J connectivity index is 0.00000338. The maximum Gasteiger partial charge on any atom is 0.511 e. The summed E-state index contributed by atoms with van der Waals surface area (Å²) >= 11 is 0.